The summed E-state index contributed by atoms with van der Waals surface area (Å²) in [5.41, 5.74) is 8.89. The highest BCUT2D eigenvalue weighted by molar-refractivity contribution is 5.76. The van der Waals surface area contributed by atoms with Crippen molar-refractivity contribution in [3.63, 3.8) is 0 Å². The second kappa shape index (κ2) is 4.27. The number of aryl methyl sites for hydroxylation is 1. The first kappa shape index (κ1) is 11.0. The molecule has 0 aliphatic heterocycles. The molecule has 3 rings (SSSR count). The van der Waals surface area contributed by atoms with Crippen molar-refractivity contribution in [2.75, 3.05) is 0 Å². The van der Waals surface area contributed by atoms with Crippen LogP contribution in [0.4, 0.5) is 0 Å². The van der Waals surface area contributed by atoms with Crippen LogP contribution < -0.4 is 5.73 Å². The highest BCUT2D eigenvalue weighted by atomic mass is 15.3. The van der Waals surface area contributed by atoms with Crippen molar-refractivity contribution in [2.24, 2.45) is 12.8 Å². The third-order valence-electron chi connectivity index (χ3n) is 3.14. The van der Waals surface area contributed by atoms with Gasteiger partial charge in [0.25, 0.3) is 0 Å². The van der Waals surface area contributed by atoms with E-state index < -0.39 is 0 Å². The lowest BCUT2D eigenvalue weighted by Crippen LogP contribution is -2.06. The molecule has 0 atom stereocenters. The molecule has 0 saturated heterocycles. The fourth-order valence-corrected chi connectivity index (χ4v) is 2.09. The normalized spacial score (nSPS) is 11.2. The summed E-state index contributed by atoms with van der Waals surface area (Å²) in [5.74, 6) is 0.989. The smallest absolute Gasteiger partial charge is 0.131 e. The quantitative estimate of drug-likeness (QED) is 0.751. The Balaban J connectivity index is 2.05. The largest absolute Gasteiger partial charge is 0.330 e. The molecule has 0 aliphatic rings. The Labute approximate surface area is 105 Å². The summed E-state index contributed by atoms with van der Waals surface area (Å²) in [6.45, 7) is 1.23. The number of hydrogen-bond acceptors (Lipinski definition) is 3. The van der Waals surface area contributed by atoms with Gasteiger partial charge >= 0.3 is 0 Å². The topological polar surface area (TPSA) is 61.7 Å². The fraction of sp³-hybridized carbons (Fsp3) is 0.231. The molecule has 92 valence electrons. The van der Waals surface area contributed by atoms with Crippen LogP contribution in [0.5, 0.6) is 0 Å². The van der Waals surface area contributed by atoms with E-state index in [0.29, 0.717) is 13.1 Å². The Morgan fingerprint density at radius 3 is 2.94 bits per heavy atom. The van der Waals surface area contributed by atoms with Gasteiger partial charge in [-0.25, -0.2) is 4.98 Å². The zero-order chi connectivity index (χ0) is 12.5. The minimum absolute atomic E-state index is 0.551. The number of benzene rings is 1. The van der Waals surface area contributed by atoms with Crippen LogP contribution in [-0.2, 0) is 20.1 Å². The summed E-state index contributed by atoms with van der Waals surface area (Å²) in [4.78, 5) is 4.62. The van der Waals surface area contributed by atoms with Gasteiger partial charge in [-0.15, -0.1) is 0 Å². The zero-order valence-corrected chi connectivity index (χ0v) is 10.2. The van der Waals surface area contributed by atoms with Crippen LogP contribution in [0, 0.1) is 0 Å². The summed E-state index contributed by atoms with van der Waals surface area (Å²) in [6, 6.07) is 8.04. The van der Waals surface area contributed by atoms with Crippen LogP contribution in [0.3, 0.4) is 0 Å². The lowest BCUT2D eigenvalue weighted by Gasteiger charge is -2.03. The summed E-state index contributed by atoms with van der Waals surface area (Å²) >= 11 is 0. The van der Waals surface area contributed by atoms with E-state index in [4.69, 9.17) is 5.73 Å². The highest BCUT2D eigenvalue weighted by Gasteiger charge is 2.08. The van der Waals surface area contributed by atoms with E-state index in [1.807, 2.05) is 36.1 Å². The summed E-state index contributed by atoms with van der Waals surface area (Å²) < 4.78 is 3.96. The monoisotopic (exact) mass is 241 g/mol. The van der Waals surface area contributed by atoms with Gasteiger partial charge in [-0.2, -0.15) is 5.10 Å². The first-order valence-corrected chi connectivity index (χ1v) is 5.89. The highest BCUT2D eigenvalue weighted by Crippen LogP contribution is 2.17. The van der Waals surface area contributed by atoms with Crippen LogP contribution in [-0.4, -0.2) is 19.3 Å². The van der Waals surface area contributed by atoms with E-state index in [2.05, 4.69) is 20.7 Å². The van der Waals surface area contributed by atoms with Crippen LogP contribution >= 0.6 is 0 Å². The molecule has 3 aromatic rings. The fourth-order valence-electron chi connectivity index (χ4n) is 2.09. The molecule has 2 N–H and O–H groups in total. The molecule has 18 heavy (non-hydrogen) atoms. The molecule has 0 unspecified atom stereocenters. The van der Waals surface area contributed by atoms with Gasteiger partial charge in [0, 0.05) is 26.0 Å². The standard InChI is InChI=1S/C13H15N5/c1-17-12-7-10(8-14)3-4-11(12)16-13(17)9-18-6-2-5-15-18/h2-7H,8-9,14H2,1H3. The van der Waals surface area contributed by atoms with Gasteiger partial charge in [0.05, 0.1) is 17.6 Å². The van der Waals surface area contributed by atoms with Gasteiger partial charge in [0.15, 0.2) is 0 Å². The van der Waals surface area contributed by atoms with E-state index in [0.717, 1.165) is 22.4 Å². The van der Waals surface area contributed by atoms with Crippen LogP contribution in [0.15, 0.2) is 36.7 Å². The van der Waals surface area contributed by atoms with Gasteiger partial charge in [-0.05, 0) is 23.8 Å². The number of imidazole rings is 1. The molecule has 0 spiro atoms. The molecule has 0 radical (unpaired) electrons. The second-order valence-electron chi connectivity index (χ2n) is 4.32. The predicted octanol–water partition coefficient (Wildman–Crippen LogP) is 1.28. The Hall–Kier alpha value is -2.14. The second-order valence-corrected chi connectivity index (χ2v) is 4.32. The van der Waals surface area contributed by atoms with E-state index in [-0.39, 0.29) is 0 Å². The third-order valence-corrected chi connectivity index (χ3v) is 3.14. The maximum Gasteiger partial charge on any atom is 0.131 e. The molecule has 5 heteroatoms. The summed E-state index contributed by atoms with van der Waals surface area (Å²) in [7, 11) is 2.02. The van der Waals surface area contributed by atoms with E-state index in [9.17, 15) is 0 Å². The van der Waals surface area contributed by atoms with Crippen molar-refractivity contribution in [1.29, 1.82) is 0 Å². The maximum absolute atomic E-state index is 5.66. The van der Waals surface area contributed by atoms with Crippen LogP contribution in [0.2, 0.25) is 0 Å². The first-order chi connectivity index (χ1) is 8.78. The van der Waals surface area contributed by atoms with Gasteiger partial charge in [-0.3, -0.25) is 4.68 Å². The summed E-state index contributed by atoms with van der Waals surface area (Å²) in [6.07, 6.45) is 3.71. The maximum atomic E-state index is 5.66. The van der Waals surface area contributed by atoms with Gasteiger partial charge < -0.3 is 10.3 Å². The molecule has 0 saturated carbocycles. The average molecular weight is 241 g/mol. The minimum Gasteiger partial charge on any atom is -0.330 e. The molecule has 1 aromatic carbocycles. The summed E-state index contributed by atoms with van der Waals surface area (Å²) in [5, 5.41) is 4.20. The lowest BCUT2D eigenvalue weighted by molar-refractivity contribution is 0.636. The van der Waals surface area contributed by atoms with Gasteiger partial charge in [0.1, 0.15) is 5.82 Å². The number of rotatable bonds is 3. The number of aromatic nitrogens is 4. The molecule has 0 fully saturated rings. The molecule has 2 heterocycles. The van der Waals surface area contributed by atoms with Crippen molar-refractivity contribution in [3.8, 4) is 0 Å². The zero-order valence-electron chi connectivity index (χ0n) is 10.2. The van der Waals surface area contributed by atoms with Crippen molar-refractivity contribution in [3.05, 3.63) is 48.0 Å². The SMILES string of the molecule is Cn1c(Cn2cccn2)nc2ccc(CN)cc21. The lowest BCUT2D eigenvalue weighted by atomic mass is 10.2. The Morgan fingerprint density at radius 2 is 2.22 bits per heavy atom. The third kappa shape index (κ3) is 1.78. The van der Waals surface area contributed by atoms with Crippen LogP contribution in [0.1, 0.15) is 11.4 Å². The molecule has 0 aliphatic carbocycles. The van der Waals surface area contributed by atoms with Crippen molar-refractivity contribution < 1.29 is 0 Å². The Morgan fingerprint density at radius 1 is 1.33 bits per heavy atom. The van der Waals surface area contributed by atoms with Gasteiger partial charge in [0.2, 0.25) is 0 Å². The first-order valence-electron chi connectivity index (χ1n) is 5.89. The van der Waals surface area contributed by atoms with E-state index in [1.165, 1.54) is 0 Å². The van der Waals surface area contributed by atoms with Crippen molar-refractivity contribution in [1.82, 2.24) is 19.3 Å². The molecular formula is C13H15N5. The molecular weight excluding hydrogens is 226 g/mol. The number of hydrogen-bond donors (Lipinski definition) is 1. The van der Waals surface area contributed by atoms with Crippen molar-refractivity contribution >= 4 is 11.0 Å². The number of fused-ring (bicyclic) bond motifs is 1. The van der Waals surface area contributed by atoms with Gasteiger partial charge in [-0.1, -0.05) is 6.07 Å². The molecule has 0 bridgehead atoms. The number of nitrogens with two attached hydrogens (primary N) is 1. The van der Waals surface area contributed by atoms with Crippen LogP contribution in [0.25, 0.3) is 11.0 Å². The Bertz CT molecular complexity index is 666. The molecule has 5 nitrogen and oxygen atoms in total. The number of nitrogens with zero attached hydrogens (tertiary/aromatic N) is 4. The van der Waals surface area contributed by atoms with E-state index >= 15 is 0 Å². The molecule has 2 aromatic heterocycles. The van der Waals surface area contributed by atoms with E-state index in [1.54, 1.807) is 6.20 Å². The van der Waals surface area contributed by atoms with Crippen molar-refractivity contribution in [2.45, 2.75) is 13.1 Å². The molecule has 0 amide bonds. The minimum atomic E-state index is 0.551. The predicted molar refractivity (Wildman–Crippen MR) is 69.9 cm³/mol. The average Bonchev–Trinajstić information content (AvgIpc) is 2.99. The Kier molecular flexibility index (Phi) is 2.60.